The van der Waals surface area contributed by atoms with Crippen LogP contribution in [0.4, 0.5) is 5.82 Å². The van der Waals surface area contributed by atoms with E-state index < -0.39 is 0 Å². The Bertz CT molecular complexity index is 786. The molecule has 0 saturated heterocycles. The number of nitrogens with one attached hydrogen (secondary N) is 1. The molecule has 4 heteroatoms. The summed E-state index contributed by atoms with van der Waals surface area (Å²) < 4.78 is 1.73. The molecule has 1 N–H and O–H groups in total. The molecule has 0 atom stereocenters. The number of carbonyl (C=O) groups excluding carboxylic acids is 1. The van der Waals surface area contributed by atoms with E-state index in [-0.39, 0.29) is 5.91 Å². The third-order valence-corrected chi connectivity index (χ3v) is 3.34. The van der Waals surface area contributed by atoms with Gasteiger partial charge >= 0.3 is 0 Å². The number of nitrogens with zero attached hydrogens (tertiary/aromatic N) is 2. The number of hydrogen-bond acceptors (Lipinski definition) is 2. The van der Waals surface area contributed by atoms with E-state index >= 15 is 0 Å². The second-order valence-corrected chi connectivity index (χ2v) is 5.31. The third kappa shape index (κ3) is 3.06. The standard InChI is InChI=1S/C18H17N3O/c1-13-10-14(2)12-15(11-13)18(22)19-17-8-9-21(20-17)16-6-4-3-5-7-16/h3-12H,1-2H3,(H,19,20,22). The molecule has 0 aliphatic heterocycles. The first-order valence-corrected chi connectivity index (χ1v) is 7.12. The molecule has 0 unspecified atom stereocenters. The van der Waals surface area contributed by atoms with Crippen molar-refractivity contribution in [3.05, 3.63) is 77.5 Å². The van der Waals surface area contributed by atoms with Crippen LogP contribution in [0.2, 0.25) is 0 Å². The third-order valence-electron chi connectivity index (χ3n) is 3.34. The summed E-state index contributed by atoms with van der Waals surface area (Å²) in [6, 6.07) is 17.3. The second kappa shape index (κ2) is 5.85. The largest absolute Gasteiger partial charge is 0.305 e. The number of hydrogen-bond donors (Lipinski definition) is 1. The van der Waals surface area contributed by atoms with Gasteiger partial charge in [-0.1, -0.05) is 35.4 Å². The maximum atomic E-state index is 12.3. The summed E-state index contributed by atoms with van der Waals surface area (Å²) in [6.07, 6.45) is 1.83. The smallest absolute Gasteiger partial charge is 0.256 e. The van der Waals surface area contributed by atoms with Crippen molar-refractivity contribution in [2.24, 2.45) is 0 Å². The average molecular weight is 291 g/mol. The van der Waals surface area contributed by atoms with Crippen molar-refractivity contribution < 1.29 is 4.79 Å². The van der Waals surface area contributed by atoms with Gasteiger partial charge in [0.2, 0.25) is 0 Å². The predicted octanol–water partition coefficient (Wildman–Crippen LogP) is 3.74. The van der Waals surface area contributed by atoms with E-state index in [2.05, 4.69) is 10.4 Å². The van der Waals surface area contributed by atoms with E-state index in [4.69, 9.17) is 0 Å². The molecule has 1 heterocycles. The Labute approximate surface area is 129 Å². The Morgan fingerprint density at radius 3 is 2.36 bits per heavy atom. The number of para-hydroxylation sites is 1. The highest BCUT2D eigenvalue weighted by Crippen LogP contribution is 2.13. The van der Waals surface area contributed by atoms with Gasteiger partial charge in [-0.3, -0.25) is 4.79 Å². The van der Waals surface area contributed by atoms with Gasteiger partial charge in [0.1, 0.15) is 0 Å². The first-order chi connectivity index (χ1) is 10.6. The molecule has 3 aromatic rings. The summed E-state index contributed by atoms with van der Waals surface area (Å²) in [5.41, 5.74) is 3.74. The van der Waals surface area contributed by atoms with E-state index in [9.17, 15) is 4.79 Å². The summed E-state index contributed by atoms with van der Waals surface area (Å²) in [4.78, 5) is 12.3. The van der Waals surface area contributed by atoms with Crippen molar-refractivity contribution in [1.82, 2.24) is 9.78 Å². The van der Waals surface area contributed by atoms with Gasteiger partial charge < -0.3 is 5.32 Å². The van der Waals surface area contributed by atoms with Crippen LogP contribution in [0.25, 0.3) is 5.69 Å². The quantitative estimate of drug-likeness (QED) is 0.799. The molecule has 1 amide bonds. The topological polar surface area (TPSA) is 46.9 Å². The van der Waals surface area contributed by atoms with Crippen LogP contribution >= 0.6 is 0 Å². The number of aromatic nitrogens is 2. The van der Waals surface area contributed by atoms with E-state index in [0.29, 0.717) is 11.4 Å². The van der Waals surface area contributed by atoms with Crippen LogP contribution in [0.3, 0.4) is 0 Å². The highest BCUT2D eigenvalue weighted by atomic mass is 16.1. The van der Waals surface area contributed by atoms with E-state index in [1.165, 1.54) is 0 Å². The summed E-state index contributed by atoms with van der Waals surface area (Å²) >= 11 is 0. The van der Waals surface area contributed by atoms with E-state index in [1.54, 1.807) is 10.7 Å². The van der Waals surface area contributed by atoms with Crippen molar-refractivity contribution in [3.63, 3.8) is 0 Å². The molecule has 0 spiro atoms. The molecule has 3 rings (SSSR count). The maximum Gasteiger partial charge on any atom is 0.256 e. The van der Waals surface area contributed by atoms with Gasteiger partial charge in [0.25, 0.3) is 5.91 Å². The minimum absolute atomic E-state index is 0.148. The lowest BCUT2D eigenvalue weighted by Crippen LogP contribution is -2.13. The van der Waals surface area contributed by atoms with Crippen LogP contribution in [0.15, 0.2) is 60.8 Å². The van der Waals surface area contributed by atoms with Crippen LogP contribution < -0.4 is 5.32 Å². The molecular formula is C18H17N3O. The van der Waals surface area contributed by atoms with Crippen LogP contribution in [0, 0.1) is 13.8 Å². The van der Waals surface area contributed by atoms with Crippen molar-refractivity contribution in [2.45, 2.75) is 13.8 Å². The Morgan fingerprint density at radius 1 is 1.00 bits per heavy atom. The zero-order chi connectivity index (χ0) is 15.5. The molecule has 0 bridgehead atoms. The lowest BCUT2D eigenvalue weighted by molar-refractivity contribution is 0.102. The normalized spacial score (nSPS) is 10.5. The minimum Gasteiger partial charge on any atom is -0.305 e. The molecule has 22 heavy (non-hydrogen) atoms. The average Bonchev–Trinajstić information content (AvgIpc) is 2.95. The highest BCUT2D eigenvalue weighted by Gasteiger charge is 2.09. The van der Waals surface area contributed by atoms with Crippen LogP contribution in [0.1, 0.15) is 21.5 Å². The van der Waals surface area contributed by atoms with Gasteiger partial charge in [0.05, 0.1) is 5.69 Å². The molecule has 4 nitrogen and oxygen atoms in total. The van der Waals surface area contributed by atoms with Gasteiger partial charge in [0, 0.05) is 17.8 Å². The molecule has 2 aromatic carbocycles. The Morgan fingerprint density at radius 2 is 1.68 bits per heavy atom. The van der Waals surface area contributed by atoms with Crippen LogP contribution in [-0.2, 0) is 0 Å². The van der Waals surface area contributed by atoms with Gasteiger partial charge in [0.15, 0.2) is 5.82 Å². The van der Waals surface area contributed by atoms with Crippen molar-refractivity contribution in [3.8, 4) is 5.69 Å². The van der Waals surface area contributed by atoms with Gasteiger partial charge in [-0.05, 0) is 38.1 Å². The number of benzene rings is 2. The molecule has 0 saturated carbocycles. The minimum atomic E-state index is -0.148. The number of carbonyl (C=O) groups is 1. The second-order valence-electron chi connectivity index (χ2n) is 5.31. The fourth-order valence-electron chi connectivity index (χ4n) is 2.41. The van der Waals surface area contributed by atoms with Gasteiger partial charge in [-0.15, -0.1) is 0 Å². The molecule has 110 valence electrons. The fourth-order valence-corrected chi connectivity index (χ4v) is 2.41. The number of anilines is 1. The molecule has 0 aliphatic carbocycles. The molecule has 1 aromatic heterocycles. The molecule has 0 aliphatic rings. The first-order valence-electron chi connectivity index (χ1n) is 7.12. The number of amides is 1. The summed E-state index contributed by atoms with van der Waals surface area (Å²) in [7, 11) is 0. The molecule has 0 radical (unpaired) electrons. The summed E-state index contributed by atoms with van der Waals surface area (Å²) in [5.74, 6) is 0.387. The first kappa shape index (κ1) is 14.1. The summed E-state index contributed by atoms with van der Waals surface area (Å²) in [5, 5.41) is 7.21. The molecule has 0 fully saturated rings. The highest BCUT2D eigenvalue weighted by molar-refractivity contribution is 6.04. The maximum absolute atomic E-state index is 12.3. The lowest BCUT2D eigenvalue weighted by atomic mass is 10.1. The zero-order valence-corrected chi connectivity index (χ0v) is 12.6. The van der Waals surface area contributed by atoms with Crippen LogP contribution in [-0.4, -0.2) is 15.7 Å². The lowest BCUT2D eigenvalue weighted by Gasteiger charge is -2.05. The summed E-state index contributed by atoms with van der Waals surface area (Å²) in [6.45, 7) is 3.96. The SMILES string of the molecule is Cc1cc(C)cc(C(=O)Nc2ccn(-c3ccccc3)n2)c1. The molecular weight excluding hydrogens is 274 g/mol. The zero-order valence-electron chi connectivity index (χ0n) is 12.6. The Balaban J connectivity index is 1.79. The van der Waals surface area contributed by atoms with Gasteiger partial charge in [-0.2, -0.15) is 5.10 Å². The monoisotopic (exact) mass is 291 g/mol. The van der Waals surface area contributed by atoms with Crippen molar-refractivity contribution in [1.29, 1.82) is 0 Å². The predicted molar refractivity (Wildman–Crippen MR) is 87.4 cm³/mol. The number of aryl methyl sites for hydroxylation is 2. The van der Waals surface area contributed by atoms with Crippen molar-refractivity contribution in [2.75, 3.05) is 5.32 Å². The van der Waals surface area contributed by atoms with E-state index in [0.717, 1.165) is 16.8 Å². The fraction of sp³-hybridized carbons (Fsp3) is 0.111. The Kier molecular flexibility index (Phi) is 3.74. The Hall–Kier alpha value is -2.88. The van der Waals surface area contributed by atoms with E-state index in [1.807, 2.05) is 68.6 Å². The van der Waals surface area contributed by atoms with Gasteiger partial charge in [-0.25, -0.2) is 4.68 Å². The van der Waals surface area contributed by atoms with Crippen LogP contribution in [0.5, 0.6) is 0 Å². The number of rotatable bonds is 3. The van der Waals surface area contributed by atoms with Crippen molar-refractivity contribution >= 4 is 11.7 Å².